The van der Waals surface area contributed by atoms with Crippen molar-refractivity contribution in [2.75, 3.05) is 6.61 Å². The van der Waals surface area contributed by atoms with Gasteiger partial charge in [0.25, 0.3) is 0 Å². The summed E-state index contributed by atoms with van der Waals surface area (Å²) in [7, 11) is 0. The average molecular weight is 201 g/mol. The first-order chi connectivity index (χ1) is 6.15. The predicted octanol–water partition coefficient (Wildman–Crippen LogP) is 2.00. The van der Waals surface area contributed by atoms with Gasteiger partial charge in [-0.15, -0.1) is 0 Å². The second-order valence-electron chi connectivity index (χ2n) is 3.16. The molecule has 0 aliphatic rings. The lowest BCUT2D eigenvalue weighted by Gasteiger charge is -2.16. The summed E-state index contributed by atoms with van der Waals surface area (Å²) < 4.78 is 0. The SMILES string of the molecule is C[C@@H](CO)[C@@H](O)c1ccc(Cl)cc1. The Bertz CT molecular complexity index is 258. The predicted molar refractivity (Wildman–Crippen MR) is 52.7 cm³/mol. The highest BCUT2D eigenvalue weighted by atomic mass is 35.5. The Morgan fingerprint density at radius 1 is 1.31 bits per heavy atom. The molecule has 0 aliphatic carbocycles. The first-order valence-corrected chi connectivity index (χ1v) is 4.57. The van der Waals surface area contributed by atoms with E-state index in [1.807, 2.05) is 0 Å². The second-order valence-corrected chi connectivity index (χ2v) is 3.59. The maximum absolute atomic E-state index is 9.68. The van der Waals surface area contributed by atoms with Crippen LogP contribution in [-0.4, -0.2) is 16.8 Å². The van der Waals surface area contributed by atoms with Gasteiger partial charge in [-0.2, -0.15) is 0 Å². The van der Waals surface area contributed by atoms with Gasteiger partial charge in [-0.25, -0.2) is 0 Å². The van der Waals surface area contributed by atoms with Gasteiger partial charge < -0.3 is 10.2 Å². The highest BCUT2D eigenvalue weighted by molar-refractivity contribution is 6.30. The topological polar surface area (TPSA) is 40.5 Å². The minimum atomic E-state index is -0.623. The van der Waals surface area contributed by atoms with Crippen molar-refractivity contribution in [3.63, 3.8) is 0 Å². The summed E-state index contributed by atoms with van der Waals surface area (Å²) in [5.41, 5.74) is 0.783. The molecule has 0 spiro atoms. The smallest absolute Gasteiger partial charge is 0.0837 e. The molecule has 0 saturated heterocycles. The molecule has 1 rings (SSSR count). The van der Waals surface area contributed by atoms with Crippen LogP contribution in [0.1, 0.15) is 18.6 Å². The van der Waals surface area contributed by atoms with E-state index in [4.69, 9.17) is 16.7 Å². The van der Waals surface area contributed by atoms with Gasteiger partial charge in [-0.05, 0) is 17.7 Å². The van der Waals surface area contributed by atoms with Crippen LogP contribution in [0.15, 0.2) is 24.3 Å². The summed E-state index contributed by atoms with van der Waals surface area (Å²) in [6.45, 7) is 1.77. The Hall–Kier alpha value is -0.570. The van der Waals surface area contributed by atoms with Crippen LogP contribution in [0.4, 0.5) is 0 Å². The van der Waals surface area contributed by atoms with Gasteiger partial charge in [0, 0.05) is 17.5 Å². The van der Waals surface area contributed by atoms with Crippen LogP contribution in [0.5, 0.6) is 0 Å². The minimum Gasteiger partial charge on any atom is -0.396 e. The molecule has 0 amide bonds. The van der Waals surface area contributed by atoms with Crippen LogP contribution < -0.4 is 0 Å². The number of hydrogen-bond acceptors (Lipinski definition) is 2. The van der Waals surface area contributed by atoms with Crippen molar-refractivity contribution in [3.05, 3.63) is 34.9 Å². The Morgan fingerprint density at radius 3 is 2.31 bits per heavy atom. The largest absolute Gasteiger partial charge is 0.396 e. The fourth-order valence-electron chi connectivity index (χ4n) is 1.09. The molecule has 0 bridgehead atoms. The molecule has 3 heteroatoms. The molecule has 0 radical (unpaired) electrons. The molecule has 2 nitrogen and oxygen atoms in total. The lowest BCUT2D eigenvalue weighted by molar-refractivity contribution is 0.0770. The molecule has 2 N–H and O–H groups in total. The number of aliphatic hydroxyl groups is 2. The molecule has 0 aliphatic heterocycles. The van der Waals surface area contributed by atoms with Crippen LogP contribution in [0.2, 0.25) is 5.02 Å². The Morgan fingerprint density at radius 2 is 1.85 bits per heavy atom. The molecular weight excluding hydrogens is 188 g/mol. The number of halogens is 1. The van der Waals surface area contributed by atoms with Crippen LogP contribution in [0.25, 0.3) is 0 Å². The molecule has 1 aromatic carbocycles. The molecule has 72 valence electrons. The molecule has 0 saturated carbocycles. The first-order valence-electron chi connectivity index (χ1n) is 4.19. The van der Waals surface area contributed by atoms with E-state index in [2.05, 4.69) is 0 Å². The monoisotopic (exact) mass is 200 g/mol. The van der Waals surface area contributed by atoms with Crippen LogP contribution in [-0.2, 0) is 0 Å². The number of rotatable bonds is 3. The van der Waals surface area contributed by atoms with Gasteiger partial charge in [-0.1, -0.05) is 30.7 Å². The average Bonchev–Trinajstić information content (AvgIpc) is 2.17. The molecule has 13 heavy (non-hydrogen) atoms. The van der Waals surface area contributed by atoms with Crippen molar-refractivity contribution in [2.45, 2.75) is 13.0 Å². The third kappa shape index (κ3) is 2.69. The maximum Gasteiger partial charge on any atom is 0.0837 e. The van der Waals surface area contributed by atoms with Gasteiger partial charge >= 0.3 is 0 Å². The van der Waals surface area contributed by atoms with E-state index in [0.717, 1.165) is 5.56 Å². The molecule has 0 unspecified atom stereocenters. The summed E-state index contributed by atoms with van der Waals surface area (Å²) >= 11 is 5.70. The van der Waals surface area contributed by atoms with E-state index in [1.54, 1.807) is 31.2 Å². The van der Waals surface area contributed by atoms with Crippen molar-refractivity contribution in [3.8, 4) is 0 Å². The van der Waals surface area contributed by atoms with Crippen LogP contribution in [0.3, 0.4) is 0 Å². The zero-order valence-corrected chi connectivity index (χ0v) is 8.20. The fraction of sp³-hybridized carbons (Fsp3) is 0.400. The normalized spacial score (nSPS) is 15.4. The van der Waals surface area contributed by atoms with Gasteiger partial charge in [-0.3, -0.25) is 0 Å². The van der Waals surface area contributed by atoms with Crippen LogP contribution >= 0.6 is 11.6 Å². The van der Waals surface area contributed by atoms with Gasteiger partial charge in [0.1, 0.15) is 0 Å². The molecule has 0 fully saturated rings. The third-order valence-electron chi connectivity index (χ3n) is 2.04. The van der Waals surface area contributed by atoms with Crippen LogP contribution in [0, 0.1) is 5.92 Å². The number of hydrogen-bond donors (Lipinski definition) is 2. The Kier molecular flexibility index (Phi) is 3.72. The fourth-order valence-corrected chi connectivity index (χ4v) is 1.21. The van der Waals surface area contributed by atoms with E-state index in [0.29, 0.717) is 5.02 Å². The lowest BCUT2D eigenvalue weighted by atomic mass is 9.98. The summed E-state index contributed by atoms with van der Waals surface area (Å²) in [5.74, 6) is -0.152. The highest BCUT2D eigenvalue weighted by Gasteiger charge is 2.14. The van der Waals surface area contributed by atoms with Crippen molar-refractivity contribution < 1.29 is 10.2 Å². The van der Waals surface area contributed by atoms with E-state index < -0.39 is 6.10 Å². The lowest BCUT2D eigenvalue weighted by Crippen LogP contribution is -2.12. The molecule has 0 heterocycles. The van der Waals surface area contributed by atoms with Crippen molar-refractivity contribution >= 4 is 11.6 Å². The Labute approximate surface area is 82.8 Å². The zero-order valence-electron chi connectivity index (χ0n) is 7.44. The van der Waals surface area contributed by atoms with E-state index in [9.17, 15) is 5.11 Å². The zero-order chi connectivity index (χ0) is 9.84. The van der Waals surface area contributed by atoms with Gasteiger partial charge in [0.2, 0.25) is 0 Å². The first kappa shape index (κ1) is 10.5. The summed E-state index contributed by atoms with van der Waals surface area (Å²) in [4.78, 5) is 0. The van der Waals surface area contributed by atoms with E-state index >= 15 is 0 Å². The number of aliphatic hydroxyl groups excluding tert-OH is 2. The van der Waals surface area contributed by atoms with E-state index in [-0.39, 0.29) is 12.5 Å². The summed E-state index contributed by atoms with van der Waals surface area (Å²) in [5, 5.41) is 19.2. The summed E-state index contributed by atoms with van der Waals surface area (Å²) in [6.07, 6.45) is -0.623. The molecule has 1 aromatic rings. The quantitative estimate of drug-likeness (QED) is 0.784. The minimum absolute atomic E-state index is 0.0240. The number of benzene rings is 1. The van der Waals surface area contributed by atoms with Gasteiger partial charge in [0.15, 0.2) is 0 Å². The van der Waals surface area contributed by atoms with Crippen molar-refractivity contribution in [1.29, 1.82) is 0 Å². The third-order valence-corrected chi connectivity index (χ3v) is 2.29. The maximum atomic E-state index is 9.68. The molecular formula is C10H13ClO2. The summed E-state index contributed by atoms with van der Waals surface area (Å²) in [6, 6.07) is 6.98. The van der Waals surface area contributed by atoms with Crippen molar-refractivity contribution in [1.82, 2.24) is 0 Å². The highest BCUT2D eigenvalue weighted by Crippen LogP contribution is 2.22. The molecule has 0 aromatic heterocycles. The van der Waals surface area contributed by atoms with E-state index in [1.165, 1.54) is 0 Å². The molecule has 2 atom stereocenters. The second kappa shape index (κ2) is 4.61. The van der Waals surface area contributed by atoms with Gasteiger partial charge in [0.05, 0.1) is 6.10 Å². The Balaban J connectivity index is 2.77. The van der Waals surface area contributed by atoms with Crippen molar-refractivity contribution in [2.24, 2.45) is 5.92 Å². The standard InChI is InChI=1S/C10H13ClO2/c1-7(6-12)10(13)8-2-4-9(11)5-3-8/h2-5,7,10,12-13H,6H2,1H3/t7-,10+/m0/s1.